The summed E-state index contributed by atoms with van der Waals surface area (Å²) in [5, 5.41) is 7.56. The molecule has 0 aliphatic heterocycles. The predicted molar refractivity (Wildman–Crippen MR) is 191 cm³/mol. The Labute approximate surface area is 265 Å². The van der Waals surface area contributed by atoms with Crippen molar-refractivity contribution in [3.63, 3.8) is 0 Å². The number of hydrogen-bond acceptors (Lipinski definition) is 2. The quantitative estimate of drug-likeness (QED) is 0.172. The summed E-state index contributed by atoms with van der Waals surface area (Å²) in [6, 6.07) is 53.8. The molecule has 1 aromatic heterocycles. The minimum Gasteiger partial charge on any atom is -0.311 e. The number of hydrogen-bond donors (Lipinski definition) is 0. The minimum atomic E-state index is 1.03. The molecule has 218 valence electrons. The summed E-state index contributed by atoms with van der Waals surface area (Å²) in [6.07, 6.45) is 1.97. The molecule has 45 heavy (non-hydrogen) atoms. The molecule has 7 rings (SSSR count). The van der Waals surface area contributed by atoms with E-state index in [-0.39, 0.29) is 0 Å². The molecular formula is C42H35N3. The molecule has 7 aromatic rings. The van der Waals surface area contributed by atoms with Crippen molar-refractivity contribution in [3.8, 4) is 22.5 Å². The topological polar surface area (TPSA) is 20.5 Å². The summed E-state index contributed by atoms with van der Waals surface area (Å²) in [5.74, 6) is 0. The van der Waals surface area contributed by atoms with Crippen LogP contribution in [-0.4, -0.2) is 10.9 Å². The van der Waals surface area contributed by atoms with E-state index in [2.05, 4.69) is 182 Å². The van der Waals surface area contributed by atoms with Crippen molar-refractivity contribution < 1.29 is 0 Å². The van der Waals surface area contributed by atoms with Crippen LogP contribution in [0, 0.1) is 20.8 Å². The van der Waals surface area contributed by atoms with Crippen molar-refractivity contribution in [3.05, 3.63) is 174 Å². The van der Waals surface area contributed by atoms with Crippen LogP contribution in [0.3, 0.4) is 0 Å². The SMILES string of the molecule is Cc1ccc(N(c2ccc(C)cc2)c2ccc(C=Nn3c(-c4ccccc4)c4ccc(C)cc4c3-c3ccccc3)cc2)cc1. The van der Waals surface area contributed by atoms with Crippen LogP contribution < -0.4 is 4.90 Å². The second kappa shape index (κ2) is 12.1. The van der Waals surface area contributed by atoms with Crippen LogP contribution in [-0.2, 0) is 0 Å². The first-order chi connectivity index (χ1) is 22.0. The molecule has 0 spiro atoms. The smallest absolute Gasteiger partial charge is 0.0804 e. The monoisotopic (exact) mass is 581 g/mol. The van der Waals surface area contributed by atoms with Gasteiger partial charge in [-0.2, -0.15) is 5.10 Å². The Balaban J connectivity index is 1.33. The summed E-state index contributed by atoms with van der Waals surface area (Å²) < 4.78 is 2.12. The van der Waals surface area contributed by atoms with Crippen LogP contribution in [0.2, 0.25) is 0 Å². The Hall–Kier alpha value is -5.67. The number of fused-ring (bicyclic) bond motifs is 1. The van der Waals surface area contributed by atoms with E-state index in [1.165, 1.54) is 27.5 Å². The highest BCUT2D eigenvalue weighted by Crippen LogP contribution is 2.40. The highest BCUT2D eigenvalue weighted by molar-refractivity contribution is 6.06. The van der Waals surface area contributed by atoms with Crippen LogP contribution in [0.15, 0.2) is 157 Å². The molecule has 0 radical (unpaired) electrons. The predicted octanol–water partition coefficient (Wildman–Crippen LogP) is 11.3. The third-order valence-corrected chi connectivity index (χ3v) is 8.26. The van der Waals surface area contributed by atoms with Gasteiger partial charge in [-0.25, -0.2) is 4.68 Å². The summed E-state index contributed by atoms with van der Waals surface area (Å²) in [6.45, 7) is 6.39. The zero-order valence-electron chi connectivity index (χ0n) is 25.9. The molecule has 0 bridgehead atoms. The van der Waals surface area contributed by atoms with Gasteiger partial charge in [-0.05, 0) is 68.8 Å². The van der Waals surface area contributed by atoms with Crippen LogP contribution in [0.1, 0.15) is 22.3 Å². The Morgan fingerprint density at radius 2 is 0.911 bits per heavy atom. The van der Waals surface area contributed by atoms with E-state index < -0.39 is 0 Å². The maximum atomic E-state index is 5.18. The third-order valence-electron chi connectivity index (χ3n) is 8.26. The van der Waals surface area contributed by atoms with E-state index >= 15 is 0 Å². The highest BCUT2D eigenvalue weighted by atomic mass is 15.4. The van der Waals surface area contributed by atoms with Crippen molar-refractivity contribution in [1.29, 1.82) is 0 Å². The number of aromatic nitrogens is 1. The zero-order chi connectivity index (χ0) is 30.8. The number of benzene rings is 6. The lowest BCUT2D eigenvalue weighted by atomic mass is 10.0. The van der Waals surface area contributed by atoms with E-state index in [1.807, 2.05) is 6.21 Å². The van der Waals surface area contributed by atoms with Crippen molar-refractivity contribution in [2.75, 3.05) is 4.90 Å². The molecule has 0 aliphatic carbocycles. The molecule has 1 heterocycles. The first-order valence-corrected chi connectivity index (χ1v) is 15.4. The van der Waals surface area contributed by atoms with Gasteiger partial charge in [-0.3, -0.25) is 0 Å². The second-order valence-corrected chi connectivity index (χ2v) is 11.6. The molecule has 3 heteroatoms. The van der Waals surface area contributed by atoms with Crippen LogP contribution in [0.5, 0.6) is 0 Å². The third kappa shape index (κ3) is 5.69. The molecular weight excluding hydrogens is 546 g/mol. The Bertz CT molecular complexity index is 2040. The first-order valence-electron chi connectivity index (χ1n) is 15.4. The number of anilines is 3. The van der Waals surface area contributed by atoms with Gasteiger partial charge < -0.3 is 4.90 Å². The molecule has 0 amide bonds. The minimum absolute atomic E-state index is 1.03. The summed E-state index contributed by atoms with van der Waals surface area (Å²) in [7, 11) is 0. The first kappa shape index (κ1) is 28.1. The largest absolute Gasteiger partial charge is 0.311 e. The molecule has 6 aromatic carbocycles. The number of rotatable bonds is 7. The van der Waals surface area contributed by atoms with Crippen LogP contribution in [0.25, 0.3) is 33.3 Å². The Morgan fingerprint density at radius 1 is 0.467 bits per heavy atom. The molecule has 0 unspecified atom stereocenters. The average Bonchev–Trinajstić information content (AvgIpc) is 3.40. The van der Waals surface area contributed by atoms with E-state index in [4.69, 9.17) is 5.10 Å². The lowest BCUT2D eigenvalue weighted by Crippen LogP contribution is -2.10. The van der Waals surface area contributed by atoms with Gasteiger partial charge in [-0.15, -0.1) is 0 Å². The molecule has 3 nitrogen and oxygen atoms in total. The van der Waals surface area contributed by atoms with Crippen LogP contribution >= 0.6 is 0 Å². The van der Waals surface area contributed by atoms with Gasteiger partial charge in [-0.1, -0.05) is 126 Å². The lowest BCUT2D eigenvalue weighted by Gasteiger charge is -2.25. The molecule has 0 saturated heterocycles. The van der Waals surface area contributed by atoms with Crippen molar-refractivity contribution >= 4 is 34.0 Å². The fraction of sp³-hybridized carbons (Fsp3) is 0.0714. The Morgan fingerprint density at radius 3 is 1.42 bits per heavy atom. The van der Waals surface area contributed by atoms with Gasteiger partial charge in [0, 0.05) is 39.0 Å². The standard InChI is InChI=1S/C42H35N3/c1-30-14-21-36(22-15-30)44(37-23-16-31(2)17-24-37)38-25-19-33(20-26-38)29-43-45-41(34-10-6-4-7-11-34)39-27-18-32(3)28-40(39)42(45)35-12-8-5-9-13-35/h4-29H,1-3H3. The molecule has 0 fully saturated rings. The van der Waals surface area contributed by atoms with E-state index in [0.717, 1.165) is 45.1 Å². The van der Waals surface area contributed by atoms with Gasteiger partial charge in [0.05, 0.1) is 17.6 Å². The fourth-order valence-corrected chi connectivity index (χ4v) is 5.93. The van der Waals surface area contributed by atoms with E-state index in [0.29, 0.717) is 0 Å². The van der Waals surface area contributed by atoms with Gasteiger partial charge in [0.2, 0.25) is 0 Å². The molecule has 0 saturated carbocycles. The Kier molecular flexibility index (Phi) is 7.59. The fourth-order valence-electron chi connectivity index (χ4n) is 5.93. The van der Waals surface area contributed by atoms with E-state index in [9.17, 15) is 0 Å². The highest BCUT2D eigenvalue weighted by Gasteiger charge is 2.20. The normalized spacial score (nSPS) is 11.4. The van der Waals surface area contributed by atoms with Gasteiger partial charge in [0.25, 0.3) is 0 Å². The number of nitrogens with zero attached hydrogens (tertiary/aromatic N) is 3. The molecule has 0 N–H and O–H groups in total. The lowest BCUT2D eigenvalue weighted by molar-refractivity contribution is 0.917. The van der Waals surface area contributed by atoms with Gasteiger partial charge in [0.15, 0.2) is 0 Å². The summed E-state index contributed by atoms with van der Waals surface area (Å²) >= 11 is 0. The summed E-state index contributed by atoms with van der Waals surface area (Å²) in [4.78, 5) is 2.29. The molecule has 0 atom stereocenters. The zero-order valence-corrected chi connectivity index (χ0v) is 25.9. The molecule has 0 aliphatic rings. The van der Waals surface area contributed by atoms with Gasteiger partial charge in [0.1, 0.15) is 0 Å². The van der Waals surface area contributed by atoms with E-state index in [1.54, 1.807) is 0 Å². The second-order valence-electron chi connectivity index (χ2n) is 11.6. The van der Waals surface area contributed by atoms with Crippen molar-refractivity contribution in [2.24, 2.45) is 5.10 Å². The van der Waals surface area contributed by atoms with Gasteiger partial charge >= 0.3 is 0 Å². The summed E-state index contributed by atoms with van der Waals surface area (Å²) in [5.41, 5.74) is 12.5. The maximum absolute atomic E-state index is 5.18. The van der Waals surface area contributed by atoms with Crippen LogP contribution in [0.4, 0.5) is 17.1 Å². The number of aryl methyl sites for hydroxylation is 3. The van der Waals surface area contributed by atoms with Crippen molar-refractivity contribution in [2.45, 2.75) is 20.8 Å². The average molecular weight is 582 g/mol. The van der Waals surface area contributed by atoms with Crippen molar-refractivity contribution in [1.82, 2.24) is 4.68 Å². The maximum Gasteiger partial charge on any atom is 0.0804 e.